The molecular formula is C15H19N5O. The molecule has 1 fully saturated rings. The van der Waals surface area contributed by atoms with E-state index in [1.54, 1.807) is 11.0 Å². The minimum absolute atomic E-state index is 0.123. The van der Waals surface area contributed by atoms with Crippen LogP contribution in [-0.2, 0) is 11.3 Å². The molecule has 1 aromatic heterocycles. The van der Waals surface area contributed by atoms with Crippen molar-refractivity contribution in [1.82, 2.24) is 25.6 Å². The van der Waals surface area contributed by atoms with Crippen LogP contribution in [0, 0.1) is 0 Å². The standard InChI is InChI=1S/C15H19N5O/c21-15(18-12-6-7-12)8-9-16-10-13-11-17-20(19-13)14-4-2-1-3-5-14/h1-5,11-12,16H,6-10H2,(H,18,21). The van der Waals surface area contributed by atoms with Gasteiger partial charge >= 0.3 is 0 Å². The van der Waals surface area contributed by atoms with Crippen LogP contribution >= 0.6 is 0 Å². The number of hydrogen-bond donors (Lipinski definition) is 2. The monoisotopic (exact) mass is 285 g/mol. The molecule has 0 atom stereocenters. The SMILES string of the molecule is O=C(CCNCc1cnn(-c2ccccc2)n1)NC1CC1. The minimum Gasteiger partial charge on any atom is -0.353 e. The van der Waals surface area contributed by atoms with Gasteiger partial charge in [0, 0.05) is 25.6 Å². The maximum Gasteiger partial charge on any atom is 0.221 e. The second kappa shape index (κ2) is 6.49. The van der Waals surface area contributed by atoms with Gasteiger partial charge in [0.2, 0.25) is 5.91 Å². The van der Waals surface area contributed by atoms with Gasteiger partial charge in [-0.2, -0.15) is 15.0 Å². The third-order valence-corrected chi connectivity index (χ3v) is 3.30. The molecule has 0 unspecified atom stereocenters. The highest BCUT2D eigenvalue weighted by atomic mass is 16.1. The van der Waals surface area contributed by atoms with Gasteiger partial charge in [-0.05, 0) is 25.0 Å². The van der Waals surface area contributed by atoms with E-state index in [2.05, 4.69) is 20.8 Å². The maximum absolute atomic E-state index is 11.5. The largest absolute Gasteiger partial charge is 0.353 e. The first-order valence-electron chi connectivity index (χ1n) is 7.28. The predicted molar refractivity (Wildman–Crippen MR) is 78.8 cm³/mol. The molecule has 0 saturated heterocycles. The summed E-state index contributed by atoms with van der Waals surface area (Å²) >= 11 is 0. The van der Waals surface area contributed by atoms with Crippen molar-refractivity contribution in [2.45, 2.75) is 31.8 Å². The summed E-state index contributed by atoms with van der Waals surface area (Å²) in [5.74, 6) is 0.123. The maximum atomic E-state index is 11.5. The van der Waals surface area contributed by atoms with E-state index in [-0.39, 0.29) is 5.91 Å². The van der Waals surface area contributed by atoms with Crippen molar-refractivity contribution in [2.24, 2.45) is 0 Å². The van der Waals surface area contributed by atoms with Gasteiger partial charge in [0.1, 0.15) is 0 Å². The number of para-hydroxylation sites is 1. The van der Waals surface area contributed by atoms with Gasteiger partial charge in [-0.1, -0.05) is 18.2 Å². The number of nitrogens with one attached hydrogen (secondary N) is 2. The number of carbonyl (C=O) groups excluding carboxylic acids is 1. The number of benzene rings is 1. The van der Waals surface area contributed by atoms with E-state index in [4.69, 9.17) is 0 Å². The third kappa shape index (κ3) is 4.13. The second-order valence-corrected chi connectivity index (χ2v) is 5.23. The Kier molecular flexibility index (Phi) is 4.25. The summed E-state index contributed by atoms with van der Waals surface area (Å²) in [7, 11) is 0. The van der Waals surface area contributed by atoms with Gasteiger partial charge in [-0.3, -0.25) is 4.79 Å². The average Bonchev–Trinajstić information content (AvgIpc) is 3.19. The van der Waals surface area contributed by atoms with E-state index < -0.39 is 0 Å². The average molecular weight is 285 g/mol. The first-order valence-corrected chi connectivity index (χ1v) is 7.28. The van der Waals surface area contributed by atoms with E-state index in [0.29, 0.717) is 25.6 Å². The summed E-state index contributed by atoms with van der Waals surface area (Å²) in [6, 6.07) is 10.2. The molecule has 0 spiro atoms. The van der Waals surface area contributed by atoms with Gasteiger partial charge < -0.3 is 10.6 Å². The summed E-state index contributed by atoms with van der Waals surface area (Å²) < 4.78 is 0. The molecule has 1 aliphatic carbocycles. The lowest BCUT2D eigenvalue weighted by molar-refractivity contribution is -0.121. The smallest absolute Gasteiger partial charge is 0.221 e. The highest BCUT2D eigenvalue weighted by Crippen LogP contribution is 2.18. The molecule has 2 aromatic rings. The van der Waals surface area contributed by atoms with Crippen LogP contribution in [0.2, 0.25) is 0 Å². The normalized spacial score (nSPS) is 14.1. The van der Waals surface area contributed by atoms with Crippen molar-refractivity contribution in [2.75, 3.05) is 6.54 Å². The Balaban J connectivity index is 1.41. The fourth-order valence-corrected chi connectivity index (χ4v) is 2.01. The molecule has 1 saturated carbocycles. The van der Waals surface area contributed by atoms with Gasteiger partial charge in [-0.25, -0.2) is 0 Å². The number of nitrogens with zero attached hydrogens (tertiary/aromatic N) is 3. The van der Waals surface area contributed by atoms with Gasteiger partial charge in [0.15, 0.2) is 0 Å². The molecule has 0 radical (unpaired) electrons. The van der Waals surface area contributed by atoms with E-state index in [1.807, 2.05) is 30.3 Å². The lowest BCUT2D eigenvalue weighted by Gasteiger charge is -2.03. The van der Waals surface area contributed by atoms with E-state index in [1.165, 1.54) is 0 Å². The topological polar surface area (TPSA) is 71.8 Å². The Bertz CT molecular complexity index is 591. The number of rotatable bonds is 7. The molecule has 21 heavy (non-hydrogen) atoms. The molecular weight excluding hydrogens is 266 g/mol. The molecule has 6 heteroatoms. The second-order valence-electron chi connectivity index (χ2n) is 5.23. The lowest BCUT2D eigenvalue weighted by atomic mass is 10.3. The van der Waals surface area contributed by atoms with Crippen LogP contribution in [0.4, 0.5) is 0 Å². The summed E-state index contributed by atoms with van der Waals surface area (Å²) in [6.45, 7) is 1.26. The molecule has 6 nitrogen and oxygen atoms in total. The summed E-state index contributed by atoms with van der Waals surface area (Å²) in [5.41, 5.74) is 1.80. The zero-order valence-electron chi connectivity index (χ0n) is 11.8. The molecule has 3 rings (SSSR count). The Morgan fingerprint density at radius 2 is 2.10 bits per heavy atom. The van der Waals surface area contributed by atoms with E-state index in [0.717, 1.165) is 24.2 Å². The molecule has 1 aromatic carbocycles. The van der Waals surface area contributed by atoms with Crippen LogP contribution in [0.15, 0.2) is 36.5 Å². The molecule has 1 heterocycles. The first-order chi connectivity index (χ1) is 10.3. The van der Waals surface area contributed by atoms with Crippen molar-refractivity contribution >= 4 is 5.91 Å². The molecule has 2 N–H and O–H groups in total. The van der Waals surface area contributed by atoms with Crippen LogP contribution < -0.4 is 10.6 Å². The zero-order chi connectivity index (χ0) is 14.5. The number of aromatic nitrogens is 3. The lowest BCUT2D eigenvalue weighted by Crippen LogP contribution is -2.29. The zero-order valence-corrected chi connectivity index (χ0v) is 11.8. The first kappa shape index (κ1) is 13.8. The van der Waals surface area contributed by atoms with Crippen LogP contribution in [0.25, 0.3) is 5.69 Å². The van der Waals surface area contributed by atoms with Crippen LogP contribution in [0.3, 0.4) is 0 Å². The molecule has 0 aliphatic heterocycles. The fourth-order valence-electron chi connectivity index (χ4n) is 2.01. The fraction of sp³-hybridized carbons (Fsp3) is 0.400. The molecule has 0 bridgehead atoms. The van der Waals surface area contributed by atoms with Crippen molar-refractivity contribution < 1.29 is 4.79 Å². The highest BCUT2D eigenvalue weighted by Gasteiger charge is 2.22. The highest BCUT2D eigenvalue weighted by molar-refractivity contribution is 5.76. The van der Waals surface area contributed by atoms with Crippen LogP contribution in [0.5, 0.6) is 0 Å². The number of hydrogen-bond acceptors (Lipinski definition) is 4. The van der Waals surface area contributed by atoms with Crippen molar-refractivity contribution in [1.29, 1.82) is 0 Å². The van der Waals surface area contributed by atoms with Crippen LogP contribution in [-0.4, -0.2) is 33.5 Å². The molecule has 1 amide bonds. The van der Waals surface area contributed by atoms with E-state index >= 15 is 0 Å². The Morgan fingerprint density at radius 3 is 2.86 bits per heavy atom. The molecule has 1 aliphatic rings. The third-order valence-electron chi connectivity index (χ3n) is 3.30. The Hall–Kier alpha value is -2.21. The van der Waals surface area contributed by atoms with Crippen molar-refractivity contribution in [3.05, 3.63) is 42.2 Å². The summed E-state index contributed by atoms with van der Waals surface area (Å²) in [4.78, 5) is 13.1. The Labute approximate surface area is 123 Å². The van der Waals surface area contributed by atoms with Gasteiger partial charge in [0.05, 0.1) is 17.6 Å². The summed E-state index contributed by atoms with van der Waals surface area (Å²) in [5, 5.41) is 14.8. The van der Waals surface area contributed by atoms with Crippen LogP contribution in [0.1, 0.15) is 25.0 Å². The molecule has 110 valence electrons. The number of amides is 1. The predicted octanol–water partition coefficient (Wildman–Crippen LogP) is 1.03. The van der Waals surface area contributed by atoms with Gasteiger partial charge in [-0.15, -0.1) is 0 Å². The Morgan fingerprint density at radius 1 is 1.29 bits per heavy atom. The van der Waals surface area contributed by atoms with Crippen molar-refractivity contribution in [3.8, 4) is 5.69 Å². The minimum atomic E-state index is 0.123. The van der Waals surface area contributed by atoms with Gasteiger partial charge in [0.25, 0.3) is 0 Å². The number of carbonyl (C=O) groups is 1. The van der Waals surface area contributed by atoms with Crippen molar-refractivity contribution in [3.63, 3.8) is 0 Å². The quantitative estimate of drug-likeness (QED) is 0.745. The summed E-state index contributed by atoms with van der Waals surface area (Å²) in [6.07, 6.45) is 4.50. The van der Waals surface area contributed by atoms with E-state index in [9.17, 15) is 4.79 Å².